The number of methoxy groups -OCH3 is 1. The fourth-order valence-corrected chi connectivity index (χ4v) is 3.79. The Kier molecular flexibility index (Phi) is 4.74. The molecule has 3 N–H and O–H groups in total. The van der Waals surface area contributed by atoms with Crippen LogP contribution in [0.3, 0.4) is 0 Å². The van der Waals surface area contributed by atoms with Gasteiger partial charge in [-0.3, -0.25) is 9.48 Å². The van der Waals surface area contributed by atoms with E-state index in [2.05, 4.69) is 26.3 Å². The molecule has 3 heterocycles. The van der Waals surface area contributed by atoms with Gasteiger partial charge in [-0.15, -0.1) is 0 Å². The van der Waals surface area contributed by atoms with Crippen molar-refractivity contribution in [3.05, 3.63) is 52.8 Å². The first-order valence-electron chi connectivity index (χ1n) is 9.23. The lowest BCUT2D eigenvalue weighted by molar-refractivity contribution is 0.0933. The van der Waals surface area contributed by atoms with Crippen LogP contribution in [0.25, 0.3) is 11.0 Å². The zero-order chi connectivity index (χ0) is 19.8. The lowest BCUT2D eigenvalue weighted by atomic mass is 10.0. The molecule has 0 aliphatic carbocycles. The van der Waals surface area contributed by atoms with Crippen LogP contribution in [-0.4, -0.2) is 33.9 Å². The molecule has 1 aliphatic rings. The minimum absolute atomic E-state index is 0.0424. The van der Waals surface area contributed by atoms with E-state index in [9.17, 15) is 4.79 Å². The first-order chi connectivity index (χ1) is 13.5. The Balaban J connectivity index is 1.55. The van der Waals surface area contributed by atoms with Gasteiger partial charge in [-0.25, -0.2) is 15.8 Å². The number of hydrazine groups is 1. The molecule has 0 radical (unpaired) electrons. The Bertz CT molecular complexity index is 1040. The van der Waals surface area contributed by atoms with Crippen LogP contribution in [0.2, 0.25) is 0 Å². The number of fused-ring (bicyclic) bond motifs is 1. The van der Waals surface area contributed by atoms with Crippen molar-refractivity contribution >= 4 is 16.9 Å². The molecule has 0 spiro atoms. The molecule has 1 fully saturated rings. The number of aryl methyl sites for hydroxylation is 3. The molecular weight excluding hydrogens is 356 g/mol. The smallest absolute Gasteiger partial charge is 0.253 e. The third kappa shape index (κ3) is 3.21. The minimum atomic E-state index is -0.206. The van der Waals surface area contributed by atoms with Crippen LogP contribution in [-0.2, 0) is 7.05 Å². The van der Waals surface area contributed by atoms with Gasteiger partial charge in [0, 0.05) is 24.7 Å². The molecule has 0 bridgehead atoms. The number of nitrogens with one attached hydrogen (secondary N) is 3. The van der Waals surface area contributed by atoms with Gasteiger partial charge in [-0.05, 0) is 26.0 Å². The SMILES string of the molecule is COc1ccccc1C1CC(NC(=O)c2cc(C)nc3c2c(C)nn3C)NN1. The molecule has 1 aromatic carbocycles. The van der Waals surface area contributed by atoms with E-state index < -0.39 is 0 Å². The Morgan fingerprint density at radius 1 is 1.29 bits per heavy atom. The van der Waals surface area contributed by atoms with Crippen LogP contribution in [0.1, 0.15) is 39.8 Å². The Morgan fingerprint density at radius 3 is 2.86 bits per heavy atom. The quantitative estimate of drug-likeness (QED) is 0.640. The third-order valence-corrected chi connectivity index (χ3v) is 5.06. The van der Waals surface area contributed by atoms with Gasteiger partial charge in [0.15, 0.2) is 5.65 Å². The Morgan fingerprint density at radius 2 is 2.07 bits per heavy atom. The molecule has 1 amide bonds. The molecule has 1 aliphatic heterocycles. The third-order valence-electron chi connectivity index (χ3n) is 5.06. The zero-order valence-corrected chi connectivity index (χ0v) is 16.4. The van der Waals surface area contributed by atoms with Crippen molar-refractivity contribution in [1.29, 1.82) is 0 Å². The second-order valence-corrected chi connectivity index (χ2v) is 7.06. The highest BCUT2D eigenvalue weighted by molar-refractivity contribution is 6.06. The van der Waals surface area contributed by atoms with E-state index in [0.29, 0.717) is 17.6 Å². The average molecular weight is 380 g/mol. The molecule has 3 aromatic rings. The lowest BCUT2D eigenvalue weighted by Crippen LogP contribution is -2.44. The fourth-order valence-electron chi connectivity index (χ4n) is 3.79. The van der Waals surface area contributed by atoms with Crippen LogP contribution >= 0.6 is 0 Å². The molecule has 8 nitrogen and oxygen atoms in total. The fraction of sp³-hybridized carbons (Fsp3) is 0.350. The topological polar surface area (TPSA) is 93.1 Å². The number of hydrogen-bond donors (Lipinski definition) is 3. The number of benzene rings is 1. The van der Waals surface area contributed by atoms with Gasteiger partial charge in [-0.2, -0.15) is 5.10 Å². The van der Waals surface area contributed by atoms with Crippen molar-refractivity contribution in [2.45, 2.75) is 32.5 Å². The van der Waals surface area contributed by atoms with Crippen LogP contribution in [0.4, 0.5) is 0 Å². The van der Waals surface area contributed by atoms with Gasteiger partial charge in [0.05, 0.1) is 36.0 Å². The summed E-state index contributed by atoms with van der Waals surface area (Å²) in [5.41, 5.74) is 10.3. The van der Waals surface area contributed by atoms with E-state index >= 15 is 0 Å². The van der Waals surface area contributed by atoms with Gasteiger partial charge in [0.2, 0.25) is 0 Å². The molecule has 146 valence electrons. The van der Waals surface area contributed by atoms with E-state index in [1.165, 1.54) is 0 Å². The molecular formula is C20H24N6O2. The maximum Gasteiger partial charge on any atom is 0.253 e. The summed E-state index contributed by atoms with van der Waals surface area (Å²) < 4.78 is 7.16. The van der Waals surface area contributed by atoms with Gasteiger partial charge >= 0.3 is 0 Å². The van der Waals surface area contributed by atoms with Crippen LogP contribution in [0.5, 0.6) is 5.75 Å². The van der Waals surface area contributed by atoms with Crippen molar-refractivity contribution in [3.63, 3.8) is 0 Å². The molecule has 2 unspecified atom stereocenters. The number of carbonyl (C=O) groups excluding carboxylic acids is 1. The summed E-state index contributed by atoms with van der Waals surface area (Å²) >= 11 is 0. The lowest BCUT2D eigenvalue weighted by Gasteiger charge is -2.14. The summed E-state index contributed by atoms with van der Waals surface area (Å²) in [6, 6.07) is 9.74. The van der Waals surface area contributed by atoms with Crippen molar-refractivity contribution in [2.24, 2.45) is 7.05 Å². The van der Waals surface area contributed by atoms with E-state index in [1.807, 2.05) is 51.2 Å². The number of pyridine rings is 1. The number of rotatable bonds is 4. The van der Waals surface area contributed by atoms with Gasteiger partial charge in [0.1, 0.15) is 5.75 Å². The standard InChI is InChI=1S/C20H24N6O2/c1-11-9-14(18-12(2)25-26(3)19(18)21-11)20(27)22-17-10-15(23-24-17)13-7-5-6-8-16(13)28-4/h5-9,15,17,23-24H,10H2,1-4H3,(H,22,27). The summed E-state index contributed by atoms with van der Waals surface area (Å²) in [4.78, 5) is 17.5. The molecule has 2 aromatic heterocycles. The number of aromatic nitrogens is 3. The van der Waals surface area contributed by atoms with Gasteiger partial charge in [-0.1, -0.05) is 18.2 Å². The highest BCUT2D eigenvalue weighted by atomic mass is 16.5. The first kappa shape index (κ1) is 18.4. The molecule has 8 heteroatoms. The zero-order valence-electron chi connectivity index (χ0n) is 16.4. The summed E-state index contributed by atoms with van der Waals surface area (Å²) in [6.07, 6.45) is 0.494. The molecule has 4 rings (SSSR count). The maximum atomic E-state index is 13.0. The second-order valence-electron chi connectivity index (χ2n) is 7.06. The number of hydrogen-bond acceptors (Lipinski definition) is 6. The number of para-hydroxylation sites is 1. The van der Waals surface area contributed by atoms with E-state index in [4.69, 9.17) is 4.74 Å². The number of nitrogens with zero attached hydrogens (tertiary/aromatic N) is 3. The highest BCUT2D eigenvalue weighted by Crippen LogP contribution is 2.29. The average Bonchev–Trinajstić information content (AvgIpc) is 3.25. The highest BCUT2D eigenvalue weighted by Gasteiger charge is 2.29. The Labute approximate surface area is 163 Å². The van der Waals surface area contributed by atoms with Crippen molar-refractivity contribution in [2.75, 3.05) is 7.11 Å². The summed E-state index contributed by atoms with van der Waals surface area (Å²) in [5, 5.41) is 8.27. The van der Waals surface area contributed by atoms with Gasteiger partial charge < -0.3 is 10.1 Å². The molecule has 0 saturated carbocycles. The van der Waals surface area contributed by atoms with Crippen molar-refractivity contribution in [3.8, 4) is 5.75 Å². The van der Waals surface area contributed by atoms with Crippen LogP contribution in [0.15, 0.2) is 30.3 Å². The monoisotopic (exact) mass is 380 g/mol. The molecule has 1 saturated heterocycles. The number of ether oxygens (including phenoxy) is 1. The van der Waals surface area contributed by atoms with E-state index in [1.54, 1.807) is 11.8 Å². The maximum absolute atomic E-state index is 13.0. The summed E-state index contributed by atoms with van der Waals surface area (Å²) in [6.45, 7) is 3.77. The van der Waals surface area contributed by atoms with Crippen molar-refractivity contribution in [1.82, 2.24) is 30.9 Å². The van der Waals surface area contributed by atoms with Crippen molar-refractivity contribution < 1.29 is 9.53 Å². The Hall–Kier alpha value is -2.97. The van der Waals surface area contributed by atoms with Gasteiger partial charge in [0.25, 0.3) is 5.91 Å². The second kappa shape index (κ2) is 7.21. The predicted octanol–water partition coefficient (Wildman–Crippen LogP) is 1.89. The van der Waals surface area contributed by atoms with E-state index in [0.717, 1.165) is 28.1 Å². The largest absolute Gasteiger partial charge is 0.496 e. The summed E-state index contributed by atoms with van der Waals surface area (Å²) in [5.74, 6) is 0.679. The summed E-state index contributed by atoms with van der Waals surface area (Å²) in [7, 11) is 3.50. The van der Waals surface area contributed by atoms with Crippen LogP contribution in [0, 0.1) is 13.8 Å². The molecule has 28 heavy (non-hydrogen) atoms. The molecule has 2 atom stereocenters. The minimum Gasteiger partial charge on any atom is -0.496 e. The van der Waals surface area contributed by atoms with E-state index in [-0.39, 0.29) is 18.1 Å². The predicted molar refractivity (Wildman–Crippen MR) is 106 cm³/mol. The van der Waals surface area contributed by atoms with Crippen LogP contribution < -0.4 is 20.9 Å². The normalized spacial score (nSPS) is 19.1. The number of carbonyl (C=O) groups is 1. The first-order valence-corrected chi connectivity index (χ1v) is 9.23. The number of amides is 1.